The minimum Gasteiger partial charge on any atom is -0.497 e. The number of esters is 2. The second kappa shape index (κ2) is 19.7. The van der Waals surface area contributed by atoms with Crippen LogP contribution in [0, 0.1) is 0 Å². The molecule has 0 fully saturated rings. The van der Waals surface area contributed by atoms with Crippen molar-refractivity contribution in [2.75, 3.05) is 14.2 Å². The maximum absolute atomic E-state index is 13.3. The van der Waals surface area contributed by atoms with Gasteiger partial charge in [-0.15, -0.1) is 0 Å². The van der Waals surface area contributed by atoms with Crippen molar-refractivity contribution in [3.8, 4) is 23.0 Å². The number of benzene rings is 6. The number of amides is 2. The van der Waals surface area contributed by atoms with E-state index >= 15 is 0 Å². The van der Waals surface area contributed by atoms with Gasteiger partial charge in [0, 0.05) is 32.5 Å². The molecule has 10 rings (SSSR count). The van der Waals surface area contributed by atoms with Crippen LogP contribution in [0.3, 0.4) is 0 Å². The number of nitrogens with zero attached hydrogens (tertiary/aromatic N) is 4. The first-order chi connectivity index (χ1) is 33.8. The van der Waals surface area contributed by atoms with Crippen molar-refractivity contribution in [3.63, 3.8) is 0 Å². The highest BCUT2D eigenvalue weighted by molar-refractivity contribution is 9.10. The molecule has 70 heavy (non-hydrogen) atoms. The Morgan fingerprint density at radius 1 is 0.514 bits per heavy atom. The minimum absolute atomic E-state index is 0.183. The van der Waals surface area contributed by atoms with E-state index < -0.39 is 47.3 Å². The second-order valence-corrected chi connectivity index (χ2v) is 18.2. The topological polar surface area (TPSA) is 155 Å². The summed E-state index contributed by atoms with van der Waals surface area (Å²) in [4.78, 5) is 65.6. The van der Waals surface area contributed by atoms with E-state index in [1.807, 2.05) is 48.5 Å². The van der Waals surface area contributed by atoms with E-state index in [2.05, 4.69) is 31.9 Å². The molecule has 4 aliphatic rings. The van der Waals surface area contributed by atoms with Crippen LogP contribution in [0.4, 0.5) is 9.59 Å². The lowest BCUT2D eigenvalue weighted by atomic mass is 9.82. The van der Waals surface area contributed by atoms with E-state index in [0.29, 0.717) is 34.1 Å². The predicted octanol–water partition coefficient (Wildman–Crippen LogP) is 11.5. The first-order valence-electron chi connectivity index (χ1n) is 21.8. The summed E-state index contributed by atoms with van der Waals surface area (Å²) in [5, 5.41) is 0. The van der Waals surface area contributed by atoms with E-state index in [1.165, 1.54) is 9.80 Å². The Morgan fingerprint density at radius 2 is 0.886 bits per heavy atom. The maximum atomic E-state index is 13.3. The number of methoxy groups -OCH3 is 2. The molecule has 0 radical (unpaired) electrons. The summed E-state index contributed by atoms with van der Waals surface area (Å²) < 4.78 is 34.6. The van der Waals surface area contributed by atoms with Crippen LogP contribution >= 0.6 is 31.9 Å². The van der Waals surface area contributed by atoms with Crippen molar-refractivity contribution in [2.45, 2.75) is 37.0 Å². The molecule has 0 saturated heterocycles. The number of hydrogen-bond donors (Lipinski definition) is 0. The number of fused-ring (bicyclic) bond motifs is 2. The minimum atomic E-state index is -1.43. The monoisotopic (exact) mass is 1060 g/mol. The van der Waals surface area contributed by atoms with Gasteiger partial charge in [0.1, 0.15) is 35.1 Å². The molecule has 2 amide bonds. The molecule has 4 heterocycles. The van der Waals surface area contributed by atoms with Crippen LogP contribution in [-0.2, 0) is 19.1 Å². The van der Waals surface area contributed by atoms with E-state index in [-0.39, 0.29) is 11.8 Å². The van der Waals surface area contributed by atoms with Crippen LogP contribution in [0.15, 0.2) is 177 Å². The molecule has 14 nitrogen and oxygen atoms in total. The fourth-order valence-corrected chi connectivity index (χ4v) is 9.51. The first-order valence-corrected chi connectivity index (χ1v) is 23.4. The van der Waals surface area contributed by atoms with Crippen LogP contribution in [0.25, 0.3) is 12.2 Å². The van der Waals surface area contributed by atoms with Gasteiger partial charge in [0.15, 0.2) is 11.1 Å². The summed E-state index contributed by atoms with van der Waals surface area (Å²) in [6.45, 7) is 3.34. The Bertz CT molecular complexity index is 2920. The lowest BCUT2D eigenvalue weighted by molar-refractivity contribution is -0.141. The largest absolute Gasteiger partial charge is 0.497 e. The van der Waals surface area contributed by atoms with Gasteiger partial charge in [-0.2, -0.15) is 0 Å². The van der Waals surface area contributed by atoms with Crippen LogP contribution < -0.4 is 18.9 Å². The number of rotatable bonds is 8. The van der Waals surface area contributed by atoms with Crippen molar-refractivity contribution < 1.29 is 47.6 Å². The summed E-state index contributed by atoms with van der Waals surface area (Å²) in [5.74, 6) is 1.38. The molecule has 16 heteroatoms. The first kappa shape index (κ1) is 47.3. The summed E-state index contributed by atoms with van der Waals surface area (Å²) in [7, 11) is 3.16. The Kier molecular flexibility index (Phi) is 13.3. The number of halogens is 2. The van der Waals surface area contributed by atoms with Crippen molar-refractivity contribution >= 4 is 79.9 Å². The number of ether oxygens (including phenoxy) is 6. The summed E-state index contributed by atoms with van der Waals surface area (Å²) >= 11 is 7.15. The molecular formula is C54H42Br2N4O10. The third-order valence-electron chi connectivity index (χ3n) is 12.1. The predicted molar refractivity (Wildman–Crippen MR) is 268 cm³/mol. The van der Waals surface area contributed by atoms with E-state index in [1.54, 1.807) is 150 Å². The van der Waals surface area contributed by atoms with Crippen LogP contribution in [-0.4, -0.2) is 71.0 Å². The van der Waals surface area contributed by atoms with Gasteiger partial charge in [-0.1, -0.05) is 92.5 Å². The van der Waals surface area contributed by atoms with Gasteiger partial charge in [-0.05, 0) is 133 Å². The van der Waals surface area contributed by atoms with Gasteiger partial charge in [0.05, 0.1) is 14.2 Å². The molecule has 0 saturated carbocycles. The number of cyclic esters (lactones) is 2. The van der Waals surface area contributed by atoms with Crippen molar-refractivity contribution in [3.05, 3.63) is 200 Å². The molecule has 0 spiro atoms. The Morgan fingerprint density at radius 3 is 1.24 bits per heavy atom. The number of para-hydroxylation sites is 2. The fraction of sp³-hybridized carbons (Fsp3) is 0.148. The van der Waals surface area contributed by atoms with E-state index in [4.69, 9.17) is 38.4 Å². The normalized spacial score (nSPS) is 20.7. The highest BCUT2D eigenvalue weighted by Gasteiger charge is 2.55. The van der Waals surface area contributed by atoms with E-state index in [0.717, 1.165) is 31.2 Å². The Hall–Kier alpha value is -7.82. The molecule has 4 atom stereocenters. The van der Waals surface area contributed by atoms with Gasteiger partial charge < -0.3 is 28.4 Å². The lowest BCUT2D eigenvalue weighted by Gasteiger charge is -2.38. The third kappa shape index (κ3) is 9.10. The summed E-state index contributed by atoms with van der Waals surface area (Å²) in [5.41, 5.74) is 1.59. The Labute approximate surface area is 419 Å². The molecule has 4 aliphatic heterocycles. The standard InChI is InChI=1S/2C27H21BrN2O5/c2*1-27(25(31)35-24(29-27)17-11-13-18(33-2)14-12-17)23-21-9-6-10-22(28)20(21)15-16-30(23)26(32)34-19-7-4-3-5-8-19/h2*3-16,23H,1-2H3/t2*23-,27-/m00/s1. The molecule has 0 aliphatic carbocycles. The molecule has 6 aromatic carbocycles. The zero-order valence-electron chi connectivity index (χ0n) is 37.9. The number of carbonyl (C=O) groups is 4. The molecule has 0 bridgehead atoms. The number of aliphatic imine (C=N–C) groups is 2. The fourth-order valence-electron chi connectivity index (χ4n) is 8.48. The lowest BCUT2D eigenvalue weighted by Crippen LogP contribution is -2.49. The van der Waals surface area contributed by atoms with Crippen LogP contribution in [0.1, 0.15) is 59.3 Å². The molecule has 6 aromatic rings. The van der Waals surface area contributed by atoms with Crippen molar-refractivity contribution in [1.82, 2.24) is 9.80 Å². The van der Waals surface area contributed by atoms with Gasteiger partial charge in [-0.3, -0.25) is 9.80 Å². The zero-order valence-corrected chi connectivity index (χ0v) is 41.1. The average Bonchev–Trinajstić information content (AvgIpc) is 3.87. The smallest absolute Gasteiger partial charge is 0.419 e. The zero-order chi connectivity index (χ0) is 49.2. The molecule has 352 valence electrons. The molecule has 0 unspecified atom stereocenters. The highest BCUT2D eigenvalue weighted by atomic mass is 79.9. The summed E-state index contributed by atoms with van der Waals surface area (Å²) in [6, 6.07) is 41.3. The molecule has 0 N–H and O–H groups in total. The molecular weight excluding hydrogens is 1020 g/mol. The highest BCUT2D eigenvalue weighted by Crippen LogP contribution is 2.47. The van der Waals surface area contributed by atoms with Crippen LogP contribution in [0.2, 0.25) is 0 Å². The van der Waals surface area contributed by atoms with Gasteiger partial charge in [-0.25, -0.2) is 29.2 Å². The van der Waals surface area contributed by atoms with Gasteiger partial charge in [0.25, 0.3) is 0 Å². The second-order valence-electron chi connectivity index (χ2n) is 16.5. The summed E-state index contributed by atoms with van der Waals surface area (Å²) in [6.07, 6.45) is 5.57. The SMILES string of the molecule is COc1ccc(C2=N[C@@](C)([C@@H]3c4cccc(Br)c4C=CN3C(=O)Oc3ccccc3)C(=O)O2)cc1.COc1ccc(C2=N[C@@](C)([C@@H]3c4cccc(Br)c4C=CN3C(=O)Oc3ccccc3)C(=O)O2)cc1. The Balaban J connectivity index is 0.000000174. The maximum Gasteiger partial charge on any atom is 0.419 e. The van der Waals surface area contributed by atoms with Gasteiger partial charge >= 0.3 is 24.1 Å². The average molecular weight is 1070 g/mol. The number of hydrogen-bond acceptors (Lipinski definition) is 12. The number of carbonyl (C=O) groups excluding carboxylic acids is 4. The van der Waals surface area contributed by atoms with E-state index in [9.17, 15) is 19.2 Å². The molecule has 0 aromatic heterocycles. The van der Waals surface area contributed by atoms with Crippen molar-refractivity contribution in [2.24, 2.45) is 9.98 Å². The quantitative estimate of drug-likeness (QED) is 0.135. The van der Waals surface area contributed by atoms with Gasteiger partial charge in [0.2, 0.25) is 11.8 Å². The van der Waals surface area contributed by atoms with Crippen molar-refractivity contribution in [1.29, 1.82) is 0 Å². The van der Waals surface area contributed by atoms with Crippen LogP contribution in [0.5, 0.6) is 23.0 Å². The third-order valence-corrected chi connectivity index (χ3v) is 13.4.